The fourth-order valence-electron chi connectivity index (χ4n) is 6.55. The molecule has 1 aliphatic carbocycles. The average Bonchev–Trinajstić information content (AvgIpc) is 3.47. The van der Waals surface area contributed by atoms with E-state index in [-0.39, 0.29) is 5.91 Å². The summed E-state index contributed by atoms with van der Waals surface area (Å²) in [5.74, 6) is 0.491. The Hall–Kier alpha value is -2.72. The van der Waals surface area contributed by atoms with Crippen LogP contribution in [0.2, 0.25) is 0 Å². The Kier molecular flexibility index (Phi) is 2.55. The molecule has 4 heteroatoms. The summed E-state index contributed by atoms with van der Waals surface area (Å²) in [5.41, 5.74) is 10.2. The number of carbonyl (C=O) groups excluding carboxylic acids is 1. The van der Waals surface area contributed by atoms with Crippen LogP contribution < -0.4 is 5.32 Å². The minimum Gasteiger partial charge on any atom is -0.348 e. The second kappa shape index (κ2) is 4.88. The first-order valence-electron chi connectivity index (χ1n) is 10.5. The summed E-state index contributed by atoms with van der Waals surface area (Å²) in [4.78, 5) is 13.1. The molecule has 0 spiro atoms. The number of aromatic nitrogens is 1. The Balaban J connectivity index is 1.71. The Bertz CT molecular complexity index is 1430. The van der Waals surface area contributed by atoms with Gasteiger partial charge in [0.2, 0.25) is 0 Å². The molecule has 3 aliphatic heterocycles. The van der Waals surface area contributed by atoms with E-state index in [1.807, 2.05) is 0 Å². The molecule has 8 rings (SSSR count). The lowest BCUT2D eigenvalue weighted by atomic mass is 9.86. The Labute approximate surface area is 172 Å². The van der Waals surface area contributed by atoms with Crippen LogP contribution in [0.15, 0.2) is 48.5 Å². The van der Waals surface area contributed by atoms with E-state index in [0.717, 1.165) is 5.56 Å². The molecular formula is C25H18N2OS. The van der Waals surface area contributed by atoms with E-state index in [1.54, 1.807) is 0 Å². The molecule has 4 aromatic rings. The maximum absolute atomic E-state index is 13.1. The van der Waals surface area contributed by atoms with Crippen LogP contribution in [0.1, 0.15) is 51.2 Å². The van der Waals surface area contributed by atoms with E-state index in [2.05, 4.69) is 70.2 Å². The highest BCUT2D eigenvalue weighted by Gasteiger charge is 2.47. The van der Waals surface area contributed by atoms with Crippen molar-refractivity contribution in [3.63, 3.8) is 0 Å². The van der Waals surface area contributed by atoms with Gasteiger partial charge in [0.15, 0.2) is 0 Å². The van der Waals surface area contributed by atoms with Crippen LogP contribution in [-0.4, -0.2) is 15.7 Å². The van der Waals surface area contributed by atoms with Gasteiger partial charge >= 0.3 is 0 Å². The molecule has 4 heterocycles. The number of carbonyl (C=O) groups is 1. The number of nitrogens with zero attached hydrogens (tertiary/aromatic N) is 1. The largest absolute Gasteiger partial charge is 0.348 e. The van der Waals surface area contributed by atoms with Crippen LogP contribution >= 0.6 is 11.8 Å². The molecule has 1 aromatic heterocycles. The minimum absolute atomic E-state index is 0.0995. The second-order valence-corrected chi connectivity index (χ2v) is 10.1. The Morgan fingerprint density at radius 3 is 2.83 bits per heavy atom. The predicted octanol–water partition coefficient (Wildman–Crippen LogP) is 5.56. The van der Waals surface area contributed by atoms with Crippen LogP contribution in [0.5, 0.6) is 0 Å². The SMILES string of the molecule is O=C1NCc2c1c1c3c4c2c2ccccc2n4C2CCC(S2)C3c2ccccc2-1. The van der Waals surface area contributed by atoms with Gasteiger partial charge in [-0.1, -0.05) is 42.5 Å². The van der Waals surface area contributed by atoms with E-state index in [9.17, 15) is 4.79 Å². The van der Waals surface area contributed by atoms with E-state index in [0.29, 0.717) is 23.1 Å². The number of hydrogen-bond acceptors (Lipinski definition) is 2. The Morgan fingerprint density at radius 1 is 1.00 bits per heavy atom. The van der Waals surface area contributed by atoms with Crippen LogP contribution in [-0.2, 0) is 6.54 Å². The monoisotopic (exact) mass is 394 g/mol. The van der Waals surface area contributed by atoms with Crippen molar-refractivity contribution in [3.05, 3.63) is 70.8 Å². The van der Waals surface area contributed by atoms with E-state index < -0.39 is 0 Å². The highest BCUT2D eigenvalue weighted by molar-refractivity contribution is 8.00. The van der Waals surface area contributed by atoms with Crippen LogP contribution in [0.4, 0.5) is 0 Å². The van der Waals surface area contributed by atoms with E-state index in [4.69, 9.17) is 0 Å². The molecule has 140 valence electrons. The van der Waals surface area contributed by atoms with Gasteiger partial charge in [-0.05, 0) is 41.2 Å². The standard InChI is InChI=1S/C25H18N2OS/c28-25-22-15(11-26-25)19-14-7-3-4-8-16(14)27-18-10-9-17(29-18)20-12-5-1-2-6-13(12)21(22)23(20)24(19)27/h1-8,17-18,20H,9-11H2,(H,26,28). The van der Waals surface area contributed by atoms with Crippen LogP contribution in [0, 0.1) is 0 Å². The molecule has 1 fully saturated rings. The normalized spacial score (nSPS) is 25.4. The zero-order valence-corrected chi connectivity index (χ0v) is 16.6. The summed E-state index contributed by atoms with van der Waals surface area (Å²) >= 11 is 2.15. The molecule has 1 N–H and O–H groups in total. The van der Waals surface area contributed by atoms with Crippen molar-refractivity contribution >= 4 is 39.5 Å². The molecular weight excluding hydrogens is 376 g/mol. The number of hydrogen-bond donors (Lipinski definition) is 1. The molecule has 29 heavy (non-hydrogen) atoms. The van der Waals surface area contributed by atoms with Crippen molar-refractivity contribution < 1.29 is 4.79 Å². The smallest absolute Gasteiger partial charge is 0.252 e. The quantitative estimate of drug-likeness (QED) is 0.424. The van der Waals surface area contributed by atoms with Crippen molar-refractivity contribution in [2.75, 3.05) is 0 Å². The molecule has 3 unspecified atom stereocenters. The van der Waals surface area contributed by atoms with Gasteiger partial charge in [0.1, 0.15) is 0 Å². The molecule has 1 amide bonds. The van der Waals surface area contributed by atoms with Crippen LogP contribution in [0.25, 0.3) is 32.9 Å². The van der Waals surface area contributed by atoms with Gasteiger partial charge in [-0.25, -0.2) is 0 Å². The van der Waals surface area contributed by atoms with Crippen molar-refractivity contribution in [3.8, 4) is 11.1 Å². The minimum atomic E-state index is 0.0995. The Morgan fingerprint density at radius 2 is 1.86 bits per heavy atom. The first-order valence-corrected chi connectivity index (χ1v) is 11.4. The van der Waals surface area contributed by atoms with E-state index in [1.165, 1.54) is 62.5 Å². The topological polar surface area (TPSA) is 34.0 Å². The fourth-order valence-corrected chi connectivity index (χ4v) is 8.27. The number of amides is 1. The summed E-state index contributed by atoms with van der Waals surface area (Å²) < 4.78 is 2.63. The van der Waals surface area contributed by atoms with E-state index >= 15 is 0 Å². The first-order chi connectivity index (χ1) is 14.3. The van der Waals surface area contributed by atoms with Crippen molar-refractivity contribution in [1.29, 1.82) is 0 Å². The number of fused-ring (bicyclic) bond motifs is 13. The van der Waals surface area contributed by atoms with Gasteiger partial charge in [-0.2, -0.15) is 0 Å². The first kappa shape index (κ1) is 15.2. The molecule has 0 saturated carbocycles. The van der Waals surface area contributed by atoms with Gasteiger partial charge in [0.05, 0.1) is 22.0 Å². The van der Waals surface area contributed by atoms with Gasteiger partial charge in [0.25, 0.3) is 5.91 Å². The average molecular weight is 394 g/mol. The summed E-state index contributed by atoms with van der Waals surface area (Å²) in [7, 11) is 0. The summed E-state index contributed by atoms with van der Waals surface area (Å²) in [6.45, 7) is 0.639. The van der Waals surface area contributed by atoms with Gasteiger partial charge < -0.3 is 9.88 Å². The van der Waals surface area contributed by atoms with Gasteiger partial charge in [-0.15, -0.1) is 11.8 Å². The maximum Gasteiger partial charge on any atom is 0.252 e. The third-order valence-corrected chi connectivity index (χ3v) is 9.13. The third-order valence-electron chi connectivity index (χ3n) is 7.51. The lowest BCUT2D eigenvalue weighted by molar-refractivity contribution is 0.0966. The number of rotatable bonds is 0. The predicted molar refractivity (Wildman–Crippen MR) is 118 cm³/mol. The molecule has 3 aromatic carbocycles. The summed E-state index contributed by atoms with van der Waals surface area (Å²) in [5, 5.41) is 6.85. The highest BCUT2D eigenvalue weighted by atomic mass is 32.2. The molecule has 3 atom stereocenters. The zero-order chi connectivity index (χ0) is 18.9. The summed E-state index contributed by atoms with van der Waals surface area (Å²) in [6.07, 6.45) is 2.47. The lowest BCUT2D eigenvalue weighted by Crippen LogP contribution is -2.14. The molecule has 3 nitrogen and oxygen atoms in total. The highest BCUT2D eigenvalue weighted by Crippen LogP contribution is 2.62. The van der Waals surface area contributed by atoms with Crippen LogP contribution in [0.3, 0.4) is 0 Å². The molecule has 2 bridgehead atoms. The van der Waals surface area contributed by atoms with Crippen molar-refractivity contribution in [2.45, 2.75) is 35.9 Å². The maximum atomic E-state index is 13.1. The zero-order valence-electron chi connectivity index (χ0n) is 15.7. The van der Waals surface area contributed by atoms with Crippen molar-refractivity contribution in [2.24, 2.45) is 0 Å². The second-order valence-electron chi connectivity index (χ2n) is 8.71. The molecule has 4 aliphatic rings. The number of thioether (sulfide) groups is 1. The summed E-state index contributed by atoms with van der Waals surface area (Å²) in [6, 6.07) is 17.6. The number of para-hydroxylation sites is 1. The molecule has 1 saturated heterocycles. The van der Waals surface area contributed by atoms with Gasteiger partial charge in [-0.3, -0.25) is 4.79 Å². The number of benzene rings is 3. The third kappa shape index (κ3) is 1.57. The van der Waals surface area contributed by atoms with Gasteiger partial charge in [0, 0.05) is 34.0 Å². The number of nitrogens with one attached hydrogen (secondary N) is 1. The lowest BCUT2D eigenvalue weighted by Gasteiger charge is -2.20. The molecule has 0 radical (unpaired) electrons. The fraction of sp³-hybridized carbons (Fsp3) is 0.240. The van der Waals surface area contributed by atoms with Crippen molar-refractivity contribution in [1.82, 2.24) is 9.88 Å².